The number of amides is 1. The number of carboxylic acid groups (broad SMARTS) is 1. The smallest absolute Gasteiger partial charge is 0.323 e. The van der Waals surface area contributed by atoms with Gasteiger partial charge in [0.25, 0.3) is 5.91 Å². The zero-order valence-electron chi connectivity index (χ0n) is 11.7. The number of carboxylic acids is 1. The summed E-state index contributed by atoms with van der Waals surface area (Å²) >= 11 is 0. The number of aryl methyl sites for hydroxylation is 1. The Hall–Kier alpha value is -2.63. The highest BCUT2D eigenvalue weighted by molar-refractivity contribution is 5.94. The Bertz CT molecular complexity index is 622. The number of carbonyl (C=O) groups is 2. The maximum Gasteiger partial charge on any atom is 0.323 e. The molecule has 1 aromatic carbocycles. The lowest BCUT2D eigenvalue weighted by Gasteiger charge is -2.19. The maximum atomic E-state index is 12.4. The Kier molecular flexibility index (Phi) is 4.71. The van der Waals surface area contributed by atoms with Crippen LogP contribution in [-0.2, 0) is 17.8 Å². The highest BCUT2D eigenvalue weighted by Gasteiger charge is 2.21. The second kappa shape index (κ2) is 6.69. The molecule has 0 spiro atoms. The topological polar surface area (TPSA) is 86.3 Å². The molecule has 0 saturated carbocycles. The molecule has 0 saturated heterocycles. The van der Waals surface area contributed by atoms with E-state index in [1.54, 1.807) is 6.07 Å². The number of carbonyl (C=O) groups excluding carboxylic acids is 1. The fourth-order valence-corrected chi connectivity index (χ4v) is 1.98. The number of aromatic nitrogens is 2. The third kappa shape index (κ3) is 3.92. The molecule has 2 N–H and O–H groups in total. The minimum Gasteiger partial charge on any atom is -0.480 e. The highest BCUT2D eigenvalue weighted by Crippen LogP contribution is 2.10. The molecule has 0 atom stereocenters. The van der Waals surface area contributed by atoms with E-state index in [1.165, 1.54) is 4.90 Å². The van der Waals surface area contributed by atoms with Gasteiger partial charge >= 0.3 is 5.97 Å². The van der Waals surface area contributed by atoms with Gasteiger partial charge in [0.2, 0.25) is 0 Å². The number of nitrogens with one attached hydrogen (secondary N) is 1. The summed E-state index contributed by atoms with van der Waals surface area (Å²) in [7, 11) is 0. The molecule has 0 fully saturated rings. The van der Waals surface area contributed by atoms with Gasteiger partial charge in [-0.2, -0.15) is 5.10 Å². The van der Waals surface area contributed by atoms with Crippen LogP contribution in [0.5, 0.6) is 0 Å². The summed E-state index contributed by atoms with van der Waals surface area (Å²) in [6.07, 6.45) is 0.734. The summed E-state index contributed by atoms with van der Waals surface area (Å²) in [6, 6.07) is 10.9. The number of aliphatic carboxylic acids is 1. The molecular formula is C15H17N3O3. The third-order valence-electron chi connectivity index (χ3n) is 3.06. The Morgan fingerprint density at radius 3 is 2.57 bits per heavy atom. The summed E-state index contributed by atoms with van der Waals surface area (Å²) in [5.74, 6) is -1.44. The second-order valence-electron chi connectivity index (χ2n) is 4.67. The molecule has 0 unspecified atom stereocenters. The van der Waals surface area contributed by atoms with Crippen LogP contribution in [-0.4, -0.2) is 38.6 Å². The van der Waals surface area contributed by atoms with Gasteiger partial charge in [0.15, 0.2) is 0 Å². The van der Waals surface area contributed by atoms with E-state index in [0.717, 1.165) is 17.7 Å². The molecule has 1 heterocycles. The van der Waals surface area contributed by atoms with Crippen LogP contribution < -0.4 is 0 Å². The first-order valence-corrected chi connectivity index (χ1v) is 6.69. The zero-order chi connectivity index (χ0) is 15.2. The van der Waals surface area contributed by atoms with Crippen molar-refractivity contribution in [3.05, 3.63) is 53.3 Å². The lowest BCUT2D eigenvalue weighted by Crippen LogP contribution is -2.35. The second-order valence-corrected chi connectivity index (χ2v) is 4.67. The van der Waals surface area contributed by atoms with Crippen LogP contribution >= 0.6 is 0 Å². The van der Waals surface area contributed by atoms with Crippen LogP contribution in [0.25, 0.3) is 0 Å². The van der Waals surface area contributed by atoms with Crippen molar-refractivity contribution in [1.29, 1.82) is 0 Å². The van der Waals surface area contributed by atoms with Crippen LogP contribution in [0.1, 0.15) is 28.7 Å². The van der Waals surface area contributed by atoms with Crippen molar-refractivity contribution in [1.82, 2.24) is 15.1 Å². The number of nitrogens with zero attached hydrogens (tertiary/aromatic N) is 2. The van der Waals surface area contributed by atoms with E-state index >= 15 is 0 Å². The average Bonchev–Trinajstić information content (AvgIpc) is 2.95. The van der Waals surface area contributed by atoms with Crippen LogP contribution in [0.4, 0.5) is 0 Å². The SMILES string of the molecule is CCc1cc(C(=O)N(CC(=O)O)Cc2ccccc2)n[nH]1. The molecule has 0 aliphatic heterocycles. The molecule has 2 rings (SSSR count). The molecule has 21 heavy (non-hydrogen) atoms. The summed E-state index contributed by atoms with van der Waals surface area (Å²) in [4.78, 5) is 24.6. The first-order chi connectivity index (χ1) is 10.1. The van der Waals surface area contributed by atoms with Crippen LogP contribution in [0.15, 0.2) is 36.4 Å². The fourth-order valence-electron chi connectivity index (χ4n) is 1.98. The van der Waals surface area contributed by atoms with Gasteiger partial charge in [-0.1, -0.05) is 37.3 Å². The predicted octanol–water partition coefficient (Wildman–Crippen LogP) is 1.70. The number of benzene rings is 1. The minimum absolute atomic E-state index is 0.236. The van der Waals surface area contributed by atoms with E-state index in [9.17, 15) is 9.59 Å². The Balaban J connectivity index is 2.18. The molecule has 0 aliphatic rings. The van der Waals surface area contributed by atoms with Gasteiger partial charge < -0.3 is 10.0 Å². The molecule has 1 aromatic heterocycles. The molecule has 6 heteroatoms. The normalized spacial score (nSPS) is 10.3. The minimum atomic E-state index is -1.05. The lowest BCUT2D eigenvalue weighted by molar-refractivity contribution is -0.137. The molecule has 110 valence electrons. The van der Waals surface area contributed by atoms with Crippen molar-refractivity contribution in [3.63, 3.8) is 0 Å². The van der Waals surface area contributed by atoms with Gasteiger partial charge in [0.05, 0.1) is 0 Å². The zero-order valence-corrected chi connectivity index (χ0v) is 11.7. The van der Waals surface area contributed by atoms with Crippen molar-refractivity contribution in [2.75, 3.05) is 6.54 Å². The average molecular weight is 287 g/mol. The fraction of sp³-hybridized carbons (Fsp3) is 0.267. The molecular weight excluding hydrogens is 270 g/mol. The number of aromatic amines is 1. The third-order valence-corrected chi connectivity index (χ3v) is 3.06. The van der Waals surface area contributed by atoms with Crippen LogP contribution in [0, 0.1) is 0 Å². The number of H-pyrrole nitrogens is 1. The van der Waals surface area contributed by atoms with Crippen LogP contribution in [0.3, 0.4) is 0 Å². The van der Waals surface area contributed by atoms with E-state index in [2.05, 4.69) is 10.2 Å². The van der Waals surface area contributed by atoms with Gasteiger partial charge in [-0.05, 0) is 18.1 Å². The standard InChI is InChI=1S/C15H17N3O3/c1-2-12-8-13(17-16-12)15(21)18(10-14(19)20)9-11-6-4-3-5-7-11/h3-8H,2,9-10H2,1H3,(H,16,17)(H,19,20). The van der Waals surface area contributed by atoms with E-state index in [4.69, 9.17) is 5.11 Å². The van der Waals surface area contributed by atoms with E-state index < -0.39 is 11.9 Å². The first-order valence-electron chi connectivity index (χ1n) is 6.69. The quantitative estimate of drug-likeness (QED) is 0.846. The van der Waals surface area contributed by atoms with Gasteiger partial charge in [0.1, 0.15) is 12.2 Å². The molecule has 2 aromatic rings. The van der Waals surface area contributed by atoms with Crippen molar-refractivity contribution >= 4 is 11.9 Å². The van der Waals surface area contributed by atoms with Gasteiger partial charge in [-0.15, -0.1) is 0 Å². The monoisotopic (exact) mass is 287 g/mol. The highest BCUT2D eigenvalue weighted by atomic mass is 16.4. The maximum absolute atomic E-state index is 12.4. The Morgan fingerprint density at radius 2 is 2.00 bits per heavy atom. The predicted molar refractivity (Wildman–Crippen MR) is 76.8 cm³/mol. The summed E-state index contributed by atoms with van der Waals surface area (Å²) < 4.78 is 0. The largest absolute Gasteiger partial charge is 0.480 e. The number of hydrogen-bond acceptors (Lipinski definition) is 3. The van der Waals surface area contributed by atoms with Crippen molar-refractivity contribution in [2.24, 2.45) is 0 Å². The Morgan fingerprint density at radius 1 is 1.29 bits per heavy atom. The summed E-state index contributed by atoms with van der Waals surface area (Å²) in [5, 5.41) is 15.7. The number of hydrogen-bond donors (Lipinski definition) is 2. The molecule has 0 radical (unpaired) electrons. The van der Waals surface area contributed by atoms with E-state index in [1.807, 2.05) is 37.3 Å². The molecule has 0 aliphatic carbocycles. The van der Waals surface area contributed by atoms with E-state index in [0.29, 0.717) is 0 Å². The summed E-state index contributed by atoms with van der Waals surface area (Å²) in [6.45, 7) is 1.82. The molecule has 6 nitrogen and oxygen atoms in total. The van der Waals surface area contributed by atoms with Gasteiger partial charge in [-0.25, -0.2) is 0 Å². The molecule has 0 bridgehead atoms. The van der Waals surface area contributed by atoms with E-state index in [-0.39, 0.29) is 18.8 Å². The van der Waals surface area contributed by atoms with Crippen molar-refractivity contribution in [3.8, 4) is 0 Å². The molecule has 1 amide bonds. The lowest BCUT2D eigenvalue weighted by atomic mass is 10.2. The van der Waals surface area contributed by atoms with Crippen molar-refractivity contribution < 1.29 is 14.7 Å². The first kappa shape index (κ1) is 14.8. The summed E-state index contributed by atoms with van der Waals surface area (Å²) in [5.41, 5.74) is 1.95. The van der Waals surface area contributed by atoms with Gasteiger partial charge in [-0.3, -0.25) is 14.7 Å². The Labute approximate surface area is 122 Å². The van der Waals surface area contributed by atoms with Crippen LogP contribution in [0.2, 0.25) is 0 Å². The number of rotatable bonds is 6. The van der Waals surface area contributed by atoms with Gasteiger partial charge in [0, 0.05) is 12.2 Å². The van der Waals surface area contributed by atoms with Crippen molar-refractivity contribution in [2.45, 2.75) is 19.9 Å².